The van der Waals surface area contributed by atoms with Crippen LogP contribution in [0.3, 0.4) is 0 Å². The molecule has 20 heavy (non-hydrogen) atoms. The van der Waals surface area contributed by atoms with Gasteiger partial charge in [0.05, 0.1) is 0 Å². The summed E-state index contributed by atoms with van der Waals surface area (Å²) in [5, 5.41) is 9.27. The predicted octanol–water partition coefficient (Wildman–Crippen LogP) is 4.41. The Morgan fingerprint density at radius 2 is 1.65 bits per heavy atom. The van der Waals surface area contributed by atoms with Crippen LogP contribution in [-0.4, -0.2) is 11.1 Å². The molecule has 3 nitrogen and oxygen atoms in total. The highest BCUT2D eigenvalue weighted by molar-refractivity contribution is 5.91. The van der Waals surface area contributed by atoms with Gasteiger partial charge in [-0.05, 0) is 62.6 Å². The first-order valence-corrected chi connectivity index (χ1v) is 6.48. The van der Waals surface area contributed by atoms with E-state index in [0.29, 0.717) is 11.5 Å². The monoisotopic (exact) mass is 270 g/mol. The molecular formula is C17H18O3. The summed E-state index contributed by atoms with van der Waals surface area (Å²) in [4.78, 5) is 11.3. The molecule has 0 saturated heterocycles. The molecule has 0 spiro atoms. The zero-order chi connectivity index (χ0) is 14.9. The molecule has 0 aliphatic heterocycles. The normalized spacial score (nSPS) is 10.4. The largest absolute Gasteiger partial charge is 0.478 e. The molecule has 1 N–H and O–H groups in total. The fourth-order valence-corrected chi connectivity index (χ4v) is 2.13. The van der Waals surface area contributed by atoms with Crippen molar-refractivity contribution in [2.75, 3.05) is 0 Å². The first-order valence-electron chi connectivity index (χ1n) is 6.48. The first-order chi connectivity index (χ1) is 9.38. The third kappa shape index (κ3) is 2.82. The number of carboxylic acid groups (broad SMARTS) is 1. The van der Waals surface area contributed by atoms with Gasteiger partial charge in [-0.2, -0.15) is 0 Å². The van der Waals surface area contributed by atoms with Gasteiger partial charge in [-0.3, -0.25) is 0 Å². The molecule has 0 aliphatic rings. The van der Waals surface area contributed by atoms with Crippen molar-refractivity contribution in [1.82, 2.24) is 0 Å². The fraction of sp³-hybridized carbons (Fsp3) is 0.235. The number of aryl methyl sites for hydroxylation is 3. The molecule has 0 radical (unpaired) electrons. The molecule has 2 rings (SSSR count). The summed E-state index contributed by atoms with van der Waals surface area (Å²) in [6.07, 6.45) is 0. The minimum Gasteiger partial charge on any atom is -0.478 e. The van der Waals surface area contributed by atoms with Gasteiger partial charge in [0.2, 0.25) is 0 Å². The Bertz CT molecular complexity index is 672. The second-order valence-corrected chi connectivity index (χ2v) is 5.11. The average molecular weight is 270 g/mol. The minimum absolute atomic E-state index is 0.184. The van der Waals surface area contributed by atoms with Gasteiger partial charge < -0.3 is 9.84 Å². The van der Waals surface area contributed by atoms with E-state index in [1.165, 1.54) is 0 Å². The van der Waals surface area contributed by atoms with Crippen molar-refractivity contribution >= 4 is 5.97 Å². The van der Waals surface area contributed by atoms with Crippen LogP contribution in [0.1, 0.15) is 32.6 Å². The molecule has 0 aromatic heterocycles. The number of ether oxygens (including phenoxy) is 1. The van der Waals surface area contributed by atoms with Crippen LogP contribution in [0, 0.1) is 27.7 Å². The lowest BCUT2D eigenvalue weighted by Crippen LogP contribution is -2.01. The summed E-state index contributed by atoms with van der Waals surface area (Å²) in [6.45, 7) is 7.84. The molecule has 3 heteroatoms. The molecule has 0 bridgehead atoms. The lowest BCUT2D eigenvalue weighted by atomic mass is 10.1. The lowest BCUT2D eigenvalue weighted by Gasteiger charge is -2.14. The number of carboxylic acids is 1. The van der Waals surface area contributed by atoms with E-state index in [1.54, 1.807) is 12.1 Å². The van der Waals surface area contributed by atoms with E-state index in [4.69, 9.17) is 4.74 Å². The van der Waals surface area contributed by atoms with E-state index in [2.05, 4.69) is 6.07 Å². The van der Waals surface area contributed by atoms with Crippen LogP contribution < -0.4 is 4.74 Å². The molecule has 2 aromatic rings. The molecule has 0 amide bonds. The van der Waals surface area contributed by atoms with E-state index >= 15 is 0 Å². The summed E-state index contributed by atoms with van der Waals surface area (Å²) in [5.41, 5.74) is 4.32. The third-order valence-corrected chi connectivity index (χ3v) is 3.35. The number of aromatic carboxylic acids is 1. The van der Waals surface area contributed by atoms with Crippen molar-refractivity contribution in [1.29, 1.82) is 0 Å². The lowest BCUT2D eigenvalue weighted by molar-refractivity contribution is 0.0694. The van der Waals surface area contributed by atoms with Crippen molar-refractivity contribution in [3.8, 4) is 11.5 Å². The van der Waals surface area contributed by atoms with Gasteiger partial charge in [0, 0.05) is 0 Å². The summed E-state index contributed by atoms with van der Waals surface area (Å²) < 4.78 is 5.84. The minimum atomic E-state index is -0.981. The van der Waals surface area contributed by atoms with Crippen LogP contribution in [0.25, 0.3) is 0 Å². The molecular weight excluding hydrogens is 252 g/mol. The van der Waals surface area contributed by atoms with Gasteiger partial charge >= 0.3 is 5.97 Å². The molecule has 0 unspecified atom stereocenters. The van der Waals surface area contributed by atoms with Crippen LogP contribution >= 0.6 is 0 Å². The van der Waals surface area contributed by atoms with Crippen molar-refractivity contribution in [2.45, 2.75) is 27.7 Å². The first kappa shape index (κ1) is 14.1. The van der Waals surface area contributed by atoms with E-state index in [-0.39, 0.29) is 5.56 Å². The van der Waals surface area contributed by atoms with Crippen molar-refractivity contribution < 1.29 is 14.6 Å². The number of rotatable bonds is 3. The Hall–Kier alpha value is -2.29. The Morgan fingerprint density at radius 1 is 0.950 bits per heavy atom. The standard InChI is InChI=1S/C17H18O3/c1-10-5-6-15(14(8-10)17(18)19)20-16-9-11(2)7-12(3)13(16)4/h5-9H,1-4H3,(H,18,19). The van der Waals surface area contributed by atoms with Crippen LogP contribution in [0.15, 0.2) is 30.3 Å². The summed E-state index contributed by atoms with van der Waals surface area (Å²) in [6, 6.07) is 9.18. The summed E-state index contributed by atoms with van der Waals surface area (Å²) >= 11 is 0. The van der Waals surface area contributed by atoms with Gasteiger partial charge in [-0.25, -0.2) is 4.79 Å². The quantitative estimate of drug-likeness (QED) is 0.898. The third-order valence-electron chi connectivity index (χ3n) is 3.35. The zero-order valence-corrected chi connectivity index (χ0v) is 12.2. The number of hydrogen-bond acceptors (Lipinski definition) is 2. The average Bonchev–Trinajstić information content (AvgIpc) is 2.37. The Labute approximate surface area is 118 Å². The summed E-state index contributed by atoms with van der Waals surface area (Å²) in [7, 11) is 0. The van der Waals surface area contributed by atoms with Crippen LogP contribution in [-0.2, 0) is 0 Å². The molecule has 104 valence electrons. The Kier molecular flexibility index (Phi) is 3.79. The van der Waals surface area contributed by atoms with E-state index < -0.39 is 5.97 Å². The second-order valence-electron chi connectivity index (χ2n) is 5.11. The second kappa shape index (κ2) is 5.37. The van der Waals surface area contributed by atoms with Crippen molar-refractivity contribution in [2.24, 2.45) is 0 Å². The van der Waals surface area contributed by atoms with Gasteiger partial charge in [0.1, 0.15) is 17.1 Å². The van der Waals surface area contributed by atoms with Gasteiger partial charge in [-0.1, -0.05) is 17.7 Å². The predicted molar refractivity (Wildman–Crippen MR) is 78.9 cm³/mol. The molecule has 0 aliphatic carbocycles. The fourth-order valence-electron chi connectivity index (χ4n) is 2.13. The molecule has 0 atom stereocenters. The highest BCUT2D eigenvalue weighted by Crippen LogP contribution is 2.31. The highest BCUT2D eigenvalue weighted by atomic mass is 16.5. The number of benzene rings is 2. The molecule has 0 saturated carbocycles. The van der Waals surface area contributed by atoms with Crippen molar-refractivity contribution in [3.05, 3.63) is 58.1 Å². The van der Waals surface area contributed by atoms with Crippen molar-refractivity contribution in [3.63, 3.8) is 0 Å². The van der Waals surface area contributed by atoms with E-state index in [1.807, 2.05) is 39.8 Å². The highest BCUT2D eigenvalue weighted by Gasteiger charge is 2.14. The number of carbonyl (C=O) groups is 1. The molecule has 0 heterocycles. The van der Waals surface area contributed by atoms with Crippen LogP contribution in [0.4, 0.5) is 0 Å². The Morgan fingerprint density at radius 3 is 2.30 bits per heavy atom. The summed E-state index contributed by atoms with van der Waals surface area (Å²) in [5.74, 6) is 0.0933. The SMILES string of the molecule is Cc1cc(C)c(C)c(Oc2ccc(C)cc2C(=O)O)c1. The smallest absolute Gasteiger partial charge is 0.339 e. The molecule has 0 fully saturated rings. The number of hydrogen-bond donors (Lipinski definition) is 1. The maximum absolute atomic E-state index is 11.3. The van der Waals surface area contributed by atoms with E-state index in [9.17, 15) is 9.90 Å². The zero-order valence-electron chi connectivity index (χ0n) is 12.2. The Balaban J connectivity index is 2.48. The van der Waals surface area contributed by atoms with Gasteiger partial charge in [0.15, 0.2) is 0 Å². The van der Waals surface area contributed by atoms with Crippen LogP contribution in [0.2, 0.25) is 0 Å². The molecule has 2 aromatic carbocycles. The topological polar surface area (TPSA) is 46.5 Å². The van der Waals surface area contributed by atoms with Gasteiger partial charge in [0.25, 0.3) is 0 Å². The van der Waals surface area contributed by atoms with E-state index in [0.717, 1.165) is 22.3 Å². The maximum atomic E-state index is 11.3. The van der Waals surface area contributed by atoms with Gasteiger partial charge in [-0.15, -0.1) is 0 Å². The maximum Gasteiger partial charge on any atom is 0.339 e. The van der Waals surface area contributed by atoms with Crippen LogP contribution in [0.5, 0.6) is 11.5 Å².